The molecule has 1 saturated heterocycles. The first-order chi connectivity index (χ1) is 6.24. The molecule has 0 atom stereocenters. The standard InChI is InChI=1S/C9H13NO3/c11-7-1-2-8-3-5-10(6-4-8)9(12)13/h8,11H,3-7H2,(H,12,13). The number of rotatable bonds is 0. The number of hydrogen-bond donors (Lipinski definition) is 2. The van der Waals surface area contributed by atoms with Crippen LogP contribution in [0.25, 0.3) is 0 Å². The summed E-state index contributed by atoms with van der Waals surface area (Å²) in [6.45, 7) is 0.999. The van der Waals surface area contributed by atoms with E-state index in [0.29, 0.717) is 13.1 Å². The van der Waals surface area contributed by atoms with Crippen molar-refractivity contribution in [2.45, 2.75) is 12.8 Å². The van der Waals surface area contributed by atoms with Crippen molar-refractivity contribution in [2.75, 3.05) is 19.7 Å². The Morgan fingerprint density at radius 1 is 1.46 bits per heavy atom. The summed E-state index contributed by atoms with van der Waals surface area (Å²) in [7, 11) is 0. The predicted molar refractivity (Wildman–Crippen MR) is 47.2 cm³/mol. The Balaban J connectivity index is 2.34. The zero-order valence-corrected chi connectivity index (χ0v) is 7.36. The Hall–Kier alpha value is -1.21. The van der Waals surface area contributed by atoms with Crippen LogP contribution in [0.3, 0.4) is 0 Å². The molecule has 0 spiro atoms. The average molecular weight is 183 g/mol. The van der Waals surface area contributed by atoms with Gasteiger partial charge in [-0.3, -0.25) is 0 Å². The second-order valence-electron chi connectivity index (χ2n) is 3.02. The molecule has 0 radical (unpaired) electrons. The van der Waals surface area contributed by atoms with Gasteiger partial charge in [0.1, 0.15) is 6.61 Å². The number of carboxylic acid groups (broad SMARTS) is 1. The van der Waals surface area contributed by atoms with E-state index in [2.05, 4.69) is 11.8 Å². The van der Waals surface area contributed by atoms with Gasteiger partial charge in [-0.2, -0.15) is 0 Å². The summed E-state index contributed by atoms with van der Waals surface area (Å²) >= 11 is 0. The van der Waals surface area contributed by atoms with Crippen LogP contribution in [0.1, 0.15) is 12.8 Å². The SMILES string of the molecule is O=C(O)N1CCC(C#CCO)CC1. The normalized spacial score (nSPS) is 17.8. The Kier molecular flexibility index (Phi) is 3.59. The zero-order chi connectivity index (χ0) is 9.68. The number of carbonyl (C=O) groups is 1. The van der Waals surface area contributed by atoms with Gasteiger partial charge < -0.3 is 15.1 Å². The minimum Gasteiger partial charge on any atom is -0.465 e. The lowest BCUT2D eigenvalue weighted by Gasteiger charge is -2.27. The summed E-state index contributed by atoms with van der Waals surface area (Å²) in [4.78, 5) is 11.9. The van der Waals surface area contributed by atoms with E-state index in [0.717, 1.165) is 12.8 Å². The van der Waals surface area contributed by atoms with Gasteiger partial charge in [0.05, 0.1) is 0 Å². The summed E-state index contributed by atoms with van der Waals surface area (Å²) in [5, 5.41) is 17.1. The fourth-order valence-electron chi connectivity index (χ4n) is 1.41. The molecule has 0 bridgehead atoms. The number of aliphatic hydroxyl groups is 1. The number of aliphatic hydroxyl groups excluding tert-OH is 1. The van der Waals surface area contributed by atoms with Gasteiger partial charge in [0.25, 0.3) is 0 Å². The third-order valence-corrected chi connectivity index (χ3v) is 2.15. The molecule has 0 aromatic carbocycles. The highest BCUT2D eigenvalue weighted by molar-refractivity contribution is 5.65. The van der Waals surface area contributed by atoms with E-state index < -0.39 is 6.09 Å². The van der Waals surface area contributed by atoms with Gasteiger partial charge in [-0.15, -0.1) is 0 Å². The van der Waals surface area contributed by atoms with Crippen molar-refractivity contribution in [3.8, 4) is 11.8 Å². The van der Waals surface area contributed by atoms with Gasteiger partial charge in [0.2, 0.25) is 0 Å². The van der Waals surface area contributed by atoms with Crippen LogP contribution >= 0.6 is 0 Å². The largest absolute Gasteiger partial charge is 0.465 e. The van der Waals surface area contributed by atoms with E-state index in [4.69, 9.17) is 10.2 Å². The Labute approximate surface area is 77.2 Å². The van der Waals surface area contributed by atoms with Crippen LogP contribution in [0.2, 0.25) is 0 Å². The van der Waals surface area contributed by atoms with E-state index in [-0.39, 0.29) is 12.5 Å². The second kappa shape index (κ2) is 4.73. The lowest BCUT2D eigenvalue weighted by atomic mass is 9.98. The van der Waals surface area contributed by atoms with Crippen molar-refractivity contribution in [2.24, 2.45) is 5.92 Å². The van der Waals surface area contributed by atoms with Gasteiger partial charge >= 0.3 is 6.09 Å². The molecule has 1 amide bonds. The lowest BCUT2D eigenvalue weighted by Crippen LogP contribution is -2.37. The molecule has 1 rings (SSSR count). The Morgan fingerprint density at radius 2 is 2.08 bits per heavy atom. The summed E-state index contributed by atoms with van der Waals surface area (Å²) in [6.07, 6.45) is 0.701. The highest BCUT2D eigenvalue weighted by Gasteiger charge is 2.20. The quantitative estimate of drug-likeness (QED) is 0.533. The maximum atomic E-state index is 10.5. The molecule has 72 valence electrons. The van der Waals surface area contributed by atoms with Crippen LogP contribution in [-0.4, -0.2) is 40.9 Å². The summed E-state index contributed by atoms with van der Waals surface area (Å²) in [6, 6.07) is 0. The van der Waals surface area contributed by atoms with Crippen molar-refractivity contribution in [1.82, 2.24) is 4.90 Å². The molecule has 4 nitrogen and oxygen atoms in total. The van der Waals surface area contributed by atoms with Crippen LogP contribution in [0, 0.1) is 17.8 Å². The third kappa shape index (κ3) is 2.96. The molecule has 1 heterocycles. The van der Waals surface area contributed by atoms with Crippen LogP contribution in [0.5, 0.6) is 0 Å². The van der Waals surface area contributed by atoms with Crippen LogP contribution in [-0.2, 0) is 0 Å². The maximum absolute atomic E-state index is 10.5. The fraction of sp³-hybridized carbons (Fsp3) is 0.667. The van der Waals surface area contributed by atoms with Crippen LogP contribution in [0.15, 0.2) is 0 Å². The Bertz CT molecular complexity index is 233. The summed E-state index contributed by atoms with van der Waals surface area (Å²) < 4.78 is 0. The van der Waals surface area contributed by atoms with Crippen molar-refractivity contribution in [1.29, 1.82) is 0 Å². The molecule has 0 aromatic rings. The molecular weight excluding hydrogens is 170 g/mol. The zero-order valence-electron chi connectivity index (χ0n) is 7.36. The smallest absolute Gasteiger partial charge is 0.407 e. The van der Waals surface area contributed by atoms with Gasteiger partial charge in [-0.25, -0.2) is 4.79 Å². The van der Waals surface area contributed by atoms with Crippen LogP contribution in [0.4, 0.5) is 4.79 Å². The molecule has 13 heavy (non-hydrogen) atoms. The molecule has 1 fully saturated rings. The molecule has 4 heteroatoms. The van der Waals surface area contributed by atoms with Gasteiger partial charge in [0.15, 0.2) is 0 Å². The maximum Gasteiger partial charge on any atom is 0.407 e. The molecule has 1 aliphatic rings. The topological polar surface area (TPSA) is 60.8 Å². The molecular formula is C9H13NO3. The number of nitrogens with zero attached hydrogens (tertiary/aromatic N) is 1. The summed E-state index contributed by atoms with van der Waals surface area (Å²) in [5.41, 5.74) is 0. The van der Waals surface area contributed by atoms with E-state index in [9.17, 15) is 4.79 Å². The van der Waals surface area contributed by atoms with E-state index in [1.165, 1.54) is 4.90 Å². The molecule has 0 aliphatic carbocycles. The number of hydrogen-bond acceptors (Lipinski definition) is 2. The minimum atomic E-state index is -0.853. The monoisotopic (exact) mass is 183 g/mol. The van der Waals surface area contributed by atoms with Crippen molar-refractivity contribution in [3.05, 3.63) is 0 Å². The summed E-state index contributed by atoms with van der Waals surface area (Å²) in [5.74, 6) is 5.77. The first-order valence-electron chi connectivity index (χ1n) is 4.31. The predicted octanol–water partition coefficient (Wildman–Crippen LogP) is 0.372. The molecule has 2 N–H and O–H groups in total. The minimum absolute atomic E-state index is 0.112. The fourth-order valence-corrected chi connectivity index (χ4v) is 1.41. The Morgan fingerprint density at radius 3 is 2.54 bits per heavy atom. The molecule has 0 unspecified atom stereocenters. The number of piperidine rings is 1. The van der Waals surface area contributed by atoms with E-state index in [1.54, 1.807) is 0 Å². The van der Waals surface area contributed by atoms with Gasteiger partial charge in [-0.1, -0.05) is 11.8 Å². The molecule has 1 aliphatic heterocycles. The van der Waals surface area contributed by atoms with Crippen molar-refractivity contribution >= 4 is 6.09 Å². The van der Waals surface area contributed by atoms with Gasteiger partial charge in [-0.05, 0) is 12.8 Å². The third-order valence-electron chi connectivity index (χ3n) is 2.15. The van der Waals surface area contributed by atoms with Crippen LogP contribution < -0.4 is 0 Å². The first-order valence-corrected chi connectivity index (χ1v) is 4.31. The number of amides is 1. The van der Waals surface area contributed by atoms with Crippen molar-refractivity contribution < 1.29 is 15.0 Å². The second-order valence-corrected chi connectivity index (χ2v) is 3.02. The molecule has 0 saturated carbocycles. The first kappa shape index (κ1) is 9.87. The van der Waals surface area contributed by atoms with Gasteiger partial charge in [0, 0.05) is 19.0 Å². The highest BCUT2D eigenvalue weighted by atomic mass is 16.4. The number of likely N-dealkylation sites (tertiary alicyclic amines) is 1. The van der Waals surface area contributed by atoms with E-state index in [1.807, 2.05) is 0 Å². The van der Waals surface area contributed by atoms with Crippen molar-refractivity contribution in [3.63, 3.8) is 0 Å². The van der Waals surface area contributed by atoms with E-state index >= 15 is 0 Å². The molecule has 0 aromatic heterocycles. The average Bonchev–Trinajstić information content (AvgIpc) is 2.15. The lowest BCUT2D eigenvalue weighted by molar-refractivity contribution is 0.130. The highest BCUT2D eigenvalue weighted by Crippen LogP contribution is 2.15.